The van der Waals surface area contributed by atoms with Crippen molar-refractivity contribution in [3.63, 3.8) is 0 Å². The van der Waals surface area contributed by atoms with Gasteiger partial charge in [-0.1, -0.05) is 6.92 Å². The van der Waals surface area contributed by atoms with E-state index in [1.807, 2.05) is 26.8 Å². The Balaban J connectivity index is 2.21. The molecule has 5 heteroatoms. The minimum Gasteiger partial charge on any atom is -0.497 e. The van der Waals surface area contributed by atoms with Crippen molar-refractivity contribution in [1.29, 1.82) is 0 Å². The zero-order chi connectivity index (χ0) is 15.0. The summed E-state index contributed by atoms with van der Waals surface area (Å²) in [7, 11) is 0. The highest BCUT2D eigenvalue weighted by atomic mass is 16.6. The molecule has 0 radical (unpaired) electrons. The maximum atomic E-state index is 11.6. The first kappa shape index (κ1) is 16.8. The first-order valence-electron chi connectivity index (χ1n) is 7.41. The van der Waals surface area contributed by atoms with E-state index in [2.05, 4.69) is 17.6 Å². The Hall–Kier alpha value is -1.23. The van der Waals surface area contributed by atoms with Crippen molar-refractivity contribution in [1.82, 2.24) is 10.6 Å². The van der Waals surface area contributed by atoms with Crippen LogP contribution in [-0.2, 0) is 9.47 Å². The molecule has 1 amide bonds. The predicted molar refractivity (Wildman–Crippen MR) is 79.6 cm³/mol. The number of hydrogen-bond acceptors (Lipinski definition) is 4. The number of alkyl carbamates (subject to hydrolysis) is 1. The molecule has 0 aliphatic carbocycles. The van der Waals surface area contributed by atoms with Gasteiger partial charge >= 0.3 is 6.09 Å². The van der Waals surface area contributed by atoms with Crippen molar-refractivity contribution < 1.29 is 14.3 Å². The van der Waals surface area contributed by atoms with E-state index in [-0.39, 0.29) is 18.2 Å². The molecule has 0 saturated heterocycles. The van der Waals surface area contributed by atoms with Crippen LogP contribution in [0.4, 0.5) is 4.79 Å². The molecule has 0 spiro atoms. The third-order valence-corrected chi connectivity index (χ3v) is 3.04. The molecule has 2 atom stereocenters. The molecule has 0 aromatic rings. The van der Waals surface area contributed by atoms with Crippen LogP contribution in [-0.4, -0.2) is 36.9 Å². The second-order valence-electron chi connectivity index (χ2n) is 6.10. The van der Waals surface area contributed by atoms with Crippen LogP contribution in [0.1, 0.15) is 47.0 Å². The van der Waals surface area contributed by atoms with Gasteiger partial charge in [-0.05, 0) is 46.1 Å². The molecule has 20 heavy (non-hydrogen) atoms. The molecular formula is C15H28N2O3. The van der Waals surface area contributed by atoms with Gasteiger partial charge in [0.25, 0.3) is 0 Å². The number of ether oxygens (including phenoxy) is 2. The van der Waals surface area contributed by atoms with Gasteiger partial charge in [-0.3, -0.25) is 0 Å². The highest BCUT2D eigenvalue weighted by molar-refractivity contribution is 5.67. The Kier molecular flexibility index (Phi) is 6.85. The summed E-state index contributed by atoms with van der Waals surface area (Å²) in [4.78, 5) is 11.6. The van der Waals surface area contributed by atoms with Crippen molar-refractivity contribution in [2.45, 2.75) is 64.7 Å². The lowest BCUT2D eigenvalue weighted by Crippen LogP contribution is -2.44. The normalized spacial score (nSPS) is 20.1. The van der Waals surface area contributed by atoms with Crippen LogP contribution in [0.2, 0.25) is 0 Å². The van der Waals surface area contributed by atoms with Crippen LogP contribution in [0.5, 0.6) is 0 Å². The van der Waals surface area contributed by atoms with Crippen molar-refractivity contribution in [3.8, 4) is 0 Å². The maximum absolute atomic E-state index is 11.6. The minimum absolute atomic E-state index is 0.232. The lowest BCUT2D eigenvalue weighted by molar-refractivity contribution is 0.0520. The van der Waals surface area contributed by atoms with Gasteiger partial charge in [0.1, 0.15) is 11.7 Å². The maximum Gasteiger partial charge on any atom is 0.407 e. The average Bonchev–Trinajstić information content (AvgIpc) is 2.38. The highest BCUT2D eigenvalue weighted by Gasteiger charge is 2.18. The van der Waals surface area contributed by atoms with Crippen LogP contribution < -0.4 is 10.6 Å². The summed E-state index contributed by atoms with van der Waals surface area (Å²) >= 11 is 0. The molecule has 1 aliphatic heterocycles. The zero-order valence-electron chi connectivity index (χ0n) is 13.1. The van der Waals surface area contributed by atoms with Crippen molar-refractivity contribution >= 4 is 6.09 Å². The SMILES string of the molecule is CCC(CNC(=O)OC(C)(C)C)NCC1CCC=CO1. The minimum atomic E-state index is -0.457. The Morgan fingerprint density at radius 3 is 2.80 bits per heavy atom. The van der Waals surface area contributed by atoms with Crippen molar-refractivity contribution in [2.75, 3.05) is 13.1 Å². The van der Waals surface area contributed by atoms with Crippen LogP contribution in [0.25, 0.3) is 0 Å². The highest BCUT2D eigenvalue weighted by Crippen LogP contribution is 2.09. The topological polar surface area (TPSA) is 59.6 Å². The fraction of sp³-hybridized carbons (Fsp3) is 0.800. The number of carbonyl (C=O) groups is 1. The van der Waals surface area contributed by atoms with Crippen LogP contribution >= 0.6 is 0 Å². The largest absolute Gasteiger partial charge is 0.497 e. The molecule has 0 fully saturated rings. The number of hydrogen-bond donors (Lipinski definition) is 2. The molecule has 116 valence electrons. The van der Waals surface area contributed by atoms with E-state index in [1.54, 1.807) is 6.26 Å². The van der Waals surface area contributed by atoms with E-state index >= 15 is 0 Å². The molecular weight excluding hydrogens is 256 g/mol. The number of allylic oxidation sites excluding steroid dienone is 1. The molecule has 5 nitrogen and oxygen atoms in total. The first-order valence-corrected chi connectivity index (χ1v) is 7.41. The first-order chi connectivity index (χ1) is 9.40. The van der Waals surface area contributed by atoms with Crippen molar-refractivity contribution in [3.05, 3.63) is 12.3 Å². The van der Waals surface area contributed by atoms with Crippen LogP contribution in [0.15, 0.2) is 12.3 Å². The van der Waals surface area contributed by atoms with E-state index in [4.69, 9.17) is 9.47 Å². The van der Waals surface area contributed by atoms with E-state index in [0.29, 0.717) is 6.54 Å². The summed E-state index contributed by atoms with van der Waals surface area (Å²) in [6, 6.07) is 0.233. The molecule has 1 aliphatic rings. The summed E-state index contributed by atoms with van der Waals surface area (Å²) in [5.41, 5.74) is -0.457. The molecule has 1 rings (SSSR count). The van der Waals surface area contributed by atoms with E-state index < -0.39 is 5.60 Å². The lowest BCUT2D eigenvalue weighted by atomic mass is 10.1. The summed E-state index contributed by atoms with van der Waals surface area (Å²) < 4.78 is 10.7. The van der Waals surface area contributed by atoms with Crippen molar-refractivity contribution in [2.24, 2.45) is 0 Å². The molecule has 0 aromatic carbocycles. The molecule has 0 aromatic heterocycles. The second kappa shape index (κ2) is 8.15. The third-order valence-electron chi connectivity index (χ3n) is 3.04. The number of amides is 1. The molecule has 2 N–H and O–H groups in total. The van der Waals surface area contributed by atoms with Gasteiger partial charge in [0.2, 0.25) is 0 Å². The Morgan fingerprint density at radius 1 is 1.50 bits per heavy atom. The molecule has 0 saturated carbocycles. The number of carbonyl (C=O) groups excluding carboxylic acids is 1. The fourth-order valence-electron chi connectivity index (χ4n) is 1.91. The van der Waals surface area contributed by atoms with Crippen LogP contribution in [0.3, 0.4) is 0 Å². The summed E-state index contributed by atoms with van der Waals surface area (Å²) in [6.07, 6.45) is 6.73. The summed E-state index contributed by atoms with van der Waals surface area (Å²) in [5.74, 6) is 0. The Bertz CT molecular complexity index is 324. The Labute approximate surface area is 122 Å². The molecule has 2 unspecified atom stereocenters. The monoisotopic (exact) mass is 284 g/mol. The smallest absolute Gasteiger partial charge is 0.407 e. The van der Waals surface area contributed by atoms with Gasteiger partial charge in [-0.25, -0.2) is 4.79 Å². The van der Waals surface area contributed by atoms with Gasteiger partial charge in [0, 0.05) is 19.1 Å². The van der Waals surface area contributed by atoms with E-state index in [1.165, 1.54) is 0 Å². The number of nitrogens with one attached hydrogen (secondary N) is 2. The third kappa shape index (κ3) is 7.38. The second-order valence-corrected chi connectivity index (χ2v) is 6.10. The van der Waals surface area contributed by atoms with Gasteiger partial charge < -0.3 is 20.1 Å². The predicted octanol–water partition coefficient (Wildman–Crippen LogP) is 2.57. The Morgan fingerprint density at radius 2 is 2.25 bits per heavy atom. The van der Waals surface area contributed by atoms with E-state index in [9.17, 15) is 4.79 Å². The summed E-state index contributed by atoms with van der Waals surface area (Å²) in [5, 5.41) is 6.23. The zero-order valence-corrected chi connectivity index (χ0v) is 13.1. The van der Waals surface area contributed by atoms with E-state index in [0.717, 1.165) is 25.8 Å². The summed E-state index contributed by atoms with van der Waals surface area (Å²) in [6.45, 7) is 9.03. The molecule has 1 heterocycles. The van der Waals surface area contributed by atoms with Gasteiger partial charge in [0.05, 0.1) is 6.26 Å². The fourth-order valence-corrected chi connectivity index (χ4v) is 1.91. The lowest BCUT2D eigenvalue weighted by Gasteiger charge is -2.24. The van der Waals surface area contributed by atoms with Crippen LogP contribution in [0, 0.1) is 0 Å². The van der Waals surface area contributed by atoms with Gasteiger partial charge in [-0.2, -0.15) is 0 Å². The van der Waals surface area contributed by atoms with Gasteiger partial charge in [0.15, 0.2) is 0 Å². The molecule has 0 bridgehead atoms. The quantitative estimate of drug-likeness (QED) is 0.787. The van der Waals surface area contributed by atoms with Gasteiger partial charge in [-0.15, -0.1) is 0 Å². The average molecular weight is 284 g/mol. The standard InChI is InChI=1S/C15H28N2O3/c1-5-12(10-17-14(18)20-15(2,3)4)16-11-13-8-6-7-9-19-13/h7,9,12-13,16H,5-6,8,10-11H2,1-4H3,(H,17,18). The number of rotatable bonds is 6.